The van der Waals surface area contributed by atoms with E-state index in [-0.39, 0.29) is 5.24 Å². The van der Waals surface area contributed by atoms with Crippen molar-refractivity contribution in [3.63, 3.8) is 0 Å². The van der Waals surface area contributed by atoms with E-state index in [9.17, 15) is 4.79 Å². The molecule has 2 rings (SSSR count). The number of rotatable bonds is 3. The van der Waals surface area contributed by atoms with Crippen molar-refractivity contribution in [1.82, 2.24) is 15.3 Å². The number of H-pyrrole nitrogens is 1. The van der Waals surface area contributed by atoms with E-state index in [1.54, 1.807) is 6.33 Å². The van der Waals surface area contributed by atoms with Crippen molar-refractivity contribution in [1.29, 1.82) is 0 Å². The molecule has 0 fully saturated rings. The minimum atomic E-state index is -0.294. The van der Waals surface area contributed by atoms with Gasteiger partial charge in [0.05, 0.1) is 17.4 Å². The number of hydrogen-bond acceptors (Lipinski definition) is 2. The molecule has 1 aromatic heterocycles. The first-order valence-corrected chi connectivity index (χ1v) is 5.09. The van der Waals surface area contributed by atoms with Gasteiger partial charge in [-0.3, -0.25) is 4.79 Å². The number of carbonyl (C=O) groups is 1. The second kappa shape index (κ2) is 4.35. The zero-order valence-electron chi connectivity index (χ0n) is 8.03. The van der Waals surface area contributed by atoms with Crippen LogP contribution in [0.3, 0.4) is 0 Å². The summed E-state index contributed by atoms with van der Waals surface area (Å²) in [6.45, 7) is 0.599. The summed E-state index contributed by atoms with van der Waals surface area (Å²) >= 11 is 3.63. The maximum atomic E-state index is 10.5. The van der Waals surface area contributed by atoms with Crippen LogP contribution in [0.1, 0.15) is 5.56 Å². The number of nitrogens with one attached hydrogen (secondary N) is 2. The van der Waals surface area contributed by atoms with Gasteiger partial charge in [-0.2, -0.15) is 0 Å². The summed E-state index contributed by atoms with van der Waals surface area (Å²) in [7, 11) is 0. The Kier molecular flexibility index (Phi) is 2.91. The average molecular weight is 221 g/mol. The SMILES string of the molecule is O=C(S)NCCc1ccc2nc[nH]c2c1. The van der Waals surface area contributed by atoms with Gasteiger partial charge in [-0.15, -0.1) is 0 Å². The molecule has 0 saturated carbocycles. The van der Waals surface area contributed by atoms with Crippen molar-refractivity contribution in [3.05, 3.63) is 30.1 Å². The number of fused-ring (bicyclic) bond motifs is 1. The molecular weight excluding hydrogens is 210 g/mol. The summed E-state index contributed by atoms with van der Waals surface area (Å²) in [6, 6.07) is 6.00. The average Bonchev–Trinajstić information content (AvgIpc) is 2.64. The number of thiol groups is 1. The predicted molar refractivity (Wildman–Crippen MR) is 62.2 cm³/mol. The van der Waals surface area contributed by atoms with Gasteiger partial charge in [-0.05, 0) is 24.1 Å². The first-order valence-electron chi connectivity index (χ1n) is 4.64. The van der Waals surface area contributed by atoms with Crippen LogP contribution in [-0.2, 0) is 6.42 Å². The smallest absolute Gasteiger partial charge is 0.275 e. The normalized spacial score (nSPS) is 10.5. The number of aromatic nitrogens is 2. The highest BCUT2D eigenvalue weighted by atomic mass is 32.1. The first-order chi connectivity index (χ1) is 7.25. The highest BCUT2D eigenvalue weighted by molar-refractivity contribution is 7.96. The van der Waals surface area contributed by atoms with Crippen LogP contribution in [0.5, 0.6) is 0 Å². The lowest BCUT2D eigenvalue weighted by Crippen LogP contribution is -2.19. The molecule has 1 amide bonds. The molecule has 0 bridgehead atoms. The lowest BCUT2D eigenvalue weighted by Gasteiger charge is -2.01. The van der Waals surface area contributed by atoms with E-state index in [2.05, 4.69) is 27.9 Å². The lowest BCUT2D eigenvalue weighted by molar-refractivity contribution is 0.261. The summed E-state index contributed by atoms with van der Waals surface area (Å²) in [5, 5.41) is 2.34. The Labute approximate surface area is 92.5 Å². The molecule has 2 aromatic rings. The lowest BCUT2D eigenvalue weighted by atomic mass is 10.1. The van der Waals surface area contributed by atoms with Crippen LogP contribution in [0.25, 0.3) is 11.0 Å². The highest BCUT2D eigenvalue weighted by Gasteiger charge is 1.98. The minimum absolute atomic E-state index is 0.294. The van der Waals surface area contributed by atoms with Crippen molar-refractivity contribution < 1.29 is 4.79 Å². The minimum Gasteiger partial charge on any atom is -0.347 e. The van der Waals surface area contributed by atoms with Gasteiger partial charge in [0.25, 0.3) is 5.24 Å². The van der Waals surface area contributed by atoms with Crippen molar-refractivity contribution in [2.75, 3.05) is 6.54 Å². The van der Waals surface area contributed by atoms with E-state index in [1.165, 1.54) is 0 Å². The number of aromatic amines is 1. The number of amides is 1. The molecule has 0 aliphatic rings. The molecule has 0 atom stereocenters. The third kappa shape index (κ3) is 2.50. The molecule has 4 nitrogen and oxygen atoms in total. The van der Waals surface area contributed by atoms with E-state index in [0.29, 0.717) is 6.54 Å². The molecular formula is C10H11N3OS. The number of imidazole rings is 1. The van der Waals surface area contributed by atoms with Crippen LogP contribution in [0, 0.1) is 0 Å². The van der Waals surface area contributed by atoms with Crippen LogP contribution in [-0.4, -0.2) is 21.8 Å². The Balaban J connectivity index is 2.04. The zero-order valence-corrected chi connectivity index (χ0v) is 8.92. The zero-order chi connectivity index (χ0) is 10.7. The summed E-state index contributed by atoms with van der Waals surface area (Å²) in [5.74, 6) is 0. The Morgan fingerprint density at radius 2 is 2.40 bits per heavy atom. The van der Waals surface area contributed by atoms with Gasteiger partial charge in [0.15, 0.2) is 0 Å². The van der Waals surface area contributed by atoms with Gasteiger partial charge in [-0.1, -0.05) is 18.7 Å². The van der Waals surface area contributed by atoms with Gasteiger partial charge in [0.1, 0.15) is 0 Å². The Bertz CT molecular complexity index is 480. The van der Waals surface area contributed by atoms with Crippen molar-refractivity contribution in [2.45, 2.75) is 6.42 Å². The molecule has 1 heterocycles. The molecule has 0 aliphatic carbocycles. The second-order valence-corrected chi connectivity index (χ2v) is 3.64. The third-order valence-electron chi connectivity index (χ3n) is 2.17. The van der Waals surface area contributed by atoms with E-state index in [4.69, 9.17) is 0 Å². The van der Waals surface area contributed by atoms with Crippen molar-refractivity contribution in [3.8, 4) is 0 Å². The summed E-state index contributed by atoms with van der Waals surface area (Å²) < 4.78 is 0. The van der Waals surface area contributed by atoms with Gasteiger partial charge < -0.3 is 10.3 Å². The molecule has 0 spiro atoms. The Hall–Kier alpha value is -1.49. The maximum absolute atomic E-state index is 10.5. The largest absolute Gasteiger partial charge is 0.347 e. The van der Waals surface area contributed by atoms with Crippen molar-refractivity contribution >= 4 is 28.9 Å². The molecule has 0 radical (unpaired) electrons. The Morgan fingerprint density at radius 3 is 3.20 bits per heavy atom. The van der Waals surface area contributed by atoms with Crippen LogP contribution in [0.4, 0.5) is 4.79 Å². The quantitative estimate of drug-likeness (QED) is 0.691. The molecule has 0 aliphatic heterocycles. The number of benzene rings is 1. The third-order valence-corrected chi connectivity index (χ3v) is 2.33. The van der Waals surface area contributed by atoms with Gasteiger partial charge >= 0.3 is 0 Å². The number of nitrogens with zero attached hydrogens (tertiary/aromatic N) is 1. The van der Waals surface area contributed by atoms with Crippen LogP contribution < -0.4 is 5.32 Å². The number of carbonyl (C=O) groups excluding carboxylic acids is 1. The number of hydrogen-bond donors (Lipinski definition) is 3. The fourth-order valence-corrected chi connectivity index (χ4v) is 1.56. The van der Waals surface area contributed by atoms with Gasteiger partial charge in [0.2, 0.25) is 0 Å². The van der Waals surface area contributed by atoms with E-state index >= 15 is 0 Å². The fourth-order valence-electron chi connectivity index (χ4n) is 1.45. The van der Waals surface area contributed by atoms with Crippen molar-refractivity contribution in [2.24, 2.45) is 0 Å². The monoisotopic (exact) mass is 221 g/mol. The standard InChI is InChI=1S/C10H11N3OS/c14-10(15)11-4-3-7-1-2-8-9(5-7)13-6-12-8/h1-2,5-6H,3-4H2,(H,12,13)(H2,11,14,15). The summed E-state index contributed by atoms with van der Waals surface area (Å²) in [6.07, 6.45) is 2.46. The Morgan fingerprint density at radius 1 is 1.53 bits per heavy atom. The first kappa shape index (κ1) is 10.0. The topological polar surface area (TPSA) is 57.8 Å². The molecule has 78 valence electrons. The van der Waals surface area contributed by atoms with Crippen LogP contribution in [0.2, 0.25) is 0 Å². The van der Waals surface area contributed by atoms with E-state index in [0.717, 1.165) is 23.0 Å². The maximum Gasteiger partial charge on any atom is 0.275 e. The molecule has 0 unspecified atom stereocenters. The van der Waals surface area contributed by atoms with E-state index in [1.807, 2.05) is 18.2 Å². The molecule has 2 N–H and O–H groups in total. The molecule has 0 saturated heterocycles. The summed E-state index contributed by atoms with van der Waals surface area (Å²) in [4.78, 5) is 17.7. The highest BCUT2D eigenvalue weighted by Crippen LogP contribution is 2.11. The molecule has 1 aromatic carbocycles. The molecule has 15 heavy (non-hydrogen) atoms. The van der Waals surface area contributed by atoms with Gasteiger partial charge in [-0.25, -0.2) is 4.98 Å². The molecule has 5 heteroatoms. The van der Waals surface area contributed by atoms with Crippen LogP contribution in [0.15, 0.2) is 24.5 Å². The van der Waals surface area contributed by atoms with Gasteiger partial charge in [0, 0.05) is 6.54 Å². The second-order valence-electron chi connectivity index (χ2n) is 3.24. The van der Waals surface area contributed by atoms with Crippen LogP contribution >= 0.6 is 12.6 Å². The predicted octanol–water partition coefficient (Wildman–Crippen LogP) is 1.74. The van der Waals surface area contributed by atoms with E-state index < -0.39 is 0 Å². The summed E-state index contributed by atoms with van der Waals surface area (Å²) in [5.41, 5.74) is 3.13. The fraction of sp³-hybridized carbons (Fsp3) is 0.200.